The van der Waals surface area contributed by atoms with Crippen LogP contribution in [0.2, 0.25) is 0 Å². The second-order valence-corrected chi connectivity index (χ2v) is 9.58. The molecule has 0 aliphatic heterocycles. The minimum Gasteiger partial charge on any atom is -0.478 e. The third-order valence-corrected chi connectivity index (χ3v) is 7.62. The molecule has 4 rings (SSSR count). The number of aromatic carboxylic acids is 1. The molecule has 2 saturated carbocycles. The van der Waals surface area contributed by atoms with Gasteiger partial charge >= 0.3 is 5.97 Å². The van der Waals surface area contributed by atoms with Crippen LogP contribution in [0.15, 0.2) is 24.3 Å². The molecule has 2 aromatic rings. The van der Waals surface area contributed by atoms with Crippen LogP contribution < -0.4 is 0 Å². The van der Waals surface area contributed by atoms with Crippen molar-refractivity contribution in [1.29, 1.82) is 0 Å². The number of carboxylic acids is 1. The largest absolute Gasteiger partial charge is 0.478 e. The van der Waals surface area contributed by atoms with Gasteiger partial charge in [0.1, 0.15) is 5.82 Å². The molecule has 2 nitrogen and oxygen atoms in total. The number of rotatable bonds is 4. The molecular formula is C26H28F4O2. The molecule has 0 saturated heterocycles. The highest BCUT2D eigenvalue weighted by Crippen LogP contribution is 2.46. The van der Waals surface area contributed by atoms with Gasteiger partial charge in [-0.05, 0) is 91.5 Å². The summed E-state index contributed by atoms with van der Waals surface area (Å²) in [7, 11) is 0. The van der Waals surface area contributed by atoms with Crippen LogP contribution in [0.1, 0.15) is 80.1 Å². The Morgan fingerprint density at radius 2 is 1.34 bits per heavy atom. The third kappa shape index (κ3) is 4.41. The van der Waals surface area contributed by atoms with Crippen LogP contribution in [0.3, 0.4) is 0 Å². The summed E-state index contributed by atoms with van der Waals surface area (Å²) in [4.78, 5) is 11.5. The Bertz CT molecular complexity index is 980. The lowest BCUT2D eigenvalue weighted by molar-refractivity contribution is 0.0692. The predicted octanol–water partition coefficient (Wildman–Crippen LogP) is 7.71. The van der Waals surface area contributed by atoms with E-state index < -0.39 is 34.8 Å². The van der Waals surface area contributed by atoms with Gasteiger partial charge in [-0.15, -0.1) is 0 Å². The third-order valence-electron chi connectivity index (χ3n) is 7.62. The molecule has 0 bridgehead atoms. The summed E-state index contributed by atoms with van der Waals surface area (Å²) in [5, 5.41) is 9.34. The maximum atomic E-state index is 15.3. The standard InChI is InChI=1S/C26H28F4O2/c1-14-2-4-15(5-3-14)16-6-8-17(9-7-16)19-10-11-20(26(31)32)24(29)23(19)18-12-21(27)25(30)22(28)13-18/h10-17H,2-9H2,1H3,(H,31,32)/t14-,15-,16?,17?. The van der Waals surface area contributed by atoms with E-state index in [-0.39, 0.29) is 17.0 Å². The molecule has 0 unspecified atom stereocenters. The molecule has 2 aliphatic carbocycles. The molecule has 0 spiro atoms. The zero-order valence-corrected chi connectivity index (χ0v) is 18.1. The van der Waals surface area contributed by atoms with Crippen molar-refractivity contribution in [2.75, 3.05) is 0 Å². The minimum absolute atomic E-state index is 0.0442. The molecule has 1 N–H and O–H groups in total. The molecule has 2 fully saturated rings. The Hall–Kier alpha value is -2.37. The van der Waals surface area contributed by atoms with Crippen LogP contribution in [-0.4, -0.2) is 11.1 Å². The molecule has 0 aromatic heterocycles. The van der Waals surface area contributed by atoms with E-state index in [1.54, 1.807) is 6.07 Å². The van der Waals surface area contributed by atoms with Gasteiger partial charge in [-0.1, -0.05) is 25.8 Å². The van der Waals surface area contributed by atoms with Gasteiger partial charge in [0.15, 0.2) is 17.5 Å². The van der Waals surface area contributed by atoms with Crippen molar-refractivity contribution in [3.05, 3.63) is 58.7 Å². The van der Waals surface area contributed by atoms with E-state index in [1.165, 1.54) is 31.7 Å². The SMILES string of the molecule is C[C@H]1CC[C@H](C2CCC(c3ccc(C(=O)O)c(F)c3-c3cc(F)c(F)c(F)c3)CC2)CC1. The first-order valence-electron chi connectivity index (χ1n) is 11.5. The van der Waals surface area contributed by atoms with E-state index in [2.05, 4.69) is 6.92 Å². The Morgan fingerprint density at radius 3 is 1.88 bits per heavy atom. The van der Waals surface area contributed by atoms with Crippen LogP contribution in [0.4, 0.5) is 17.6 Å². The van der Waals surface area contributed by atoms with Crippen LogP contribution in [0.5, 0.6) is 0 Å². The summed E-state index contributed by atoms with van der Waals surface area (Å²) in [5.74, 6) is -4.90. The number of hydrogen-bond acceptors (Lipinski definition) is 1. The van der Waals surface area contributed by atoms with Crippen LogP contribution >= 0.6 is 0 Å². The molecule has 32 heavy (non-hydrogen) atoms. The molecule has 0 atom stereocenters. The van der Waals surface area contributed by atoms with Gasteiger partial charge in [0, 0.05) is 5.56 Å². The lowest BCUT2D eigenvalue weighted by atomic mass is 9.68. The maximum Gasteiger partial charge on any atom is 0.338 e. The zero-order chi connectivity index (χ0) is 23.0. The lowest BCUT2D eigenvalue weighted by Gasteiger charge is -2.37. The van der Waals surface area contributed by atoms with Crippen molar-refractivity contribution in [2.24, 2.45) is 17.8 Å². The first kappa shape index (κ1) is 22.8. The second kappa shape index (κ2) is 9.24. The first-order valence-corrected chi connectivity index (χ1v) is 11.5. The molecule has 2 aromatic carbocycles. The minimum atomic E-state index is -1.63. The first-order chi connectivity index (χ1) is 15.3. The van der Waals surface area contributed by atoms with Crippen molar-refractivity contribution < 1.29 is 27.5 Å². The van der Waals surface area contributed by atoms with E-state index in [0.29, 0.717) is 11.5 Å². The maximum absolute atomic E-state index is 15.3. The van der Waals surface area contributed by atoms with Gasteiger partial charge in [-0.2, -0.15) is 0 Å². The predicted molar refractivity (Wildman–Crippen MR) is 114 cm³/mol. The Balaban J connectivity index is 1.65. The van der Waals surface area contributed by atoms with E-state index in [0.717, 1.165) is 49.7 Å². The fourth-order valence-corrected chi connectivity index (χ4v) is 5.75. The number of halogens is 4. The summed E-state index contributed by atoms with van der Waals surface area (Å²) in [5.41, 5.74) is -0.356. The normalized spacial score (nSPS) is 26.2. The van der Waals surface area contributed by atoms with E-state index >= 15 is 4.39 Å². The number of carboxylic acid groups (broad SMARTS) is 1. The summed E-state index contributed by atoms with van der Waals surface area (Å²) < 4.78 is 56.6. The topological polar surface area (TPSA) is 37.3 Å². The van der Waals surface area contributed by atoms with Gasteiger partial charge in [0.25, 0.3) is 0 Å². The van der Waals surface area contributed by atoms with Crippen LogP contribution in [0.25, 0.3) is 11.1 Å². The Kier molecular flexibility index (Phi) is 6.59. The fraction of sp³-hybridized carbons (Fsp3) is 0.500. The number of hydrogen-bond donors (Lipinski definition) is 1. The fourth-order valence-electron chi connectivity index (χ4n) is 5.75. The molecule has 2 aliphatic rings. The van der Waals surface area contributed by atoms with Crippen LogP contribution in [-0.2, 0) is 0 Å². The van der Waals surface area contributed by atoms with E-state index in [9.17, 15) is 23.1 Å². The summed E-state index contributed by atoms with van der Waals surface area (Å²) in [6.45, 7) is 2.30. The highest BCUT2D eigenvalue weighted by atomic mass is 19.2. The summed E-state index contributed by atoms with van der Waals surface area (Å²) in [6, 6.07) is 4.23. The van der Waals surface area contributed by atoms with Crippen molar-refractivity contribution in [2.45, 2.75) is 64.2 Å². The average Bonchev–Trinajstić information content (AvgIpc) is 2.77. The van der Waals surface area contributed by atoms with Crippen molar-refractivity contribution in [3.8, 4) is 11.1 Å². The summed E-state index contributed by atoms with van der Waals surface area (Å²) >= 11 is 0. The number of carbonyl (C=O) groups is 1. The van der Waals surface area contributed by atoms with Gasteiger partial charge in [-0.25, -0.2) is 22.4 Å². The Labute approximate surface area is 185 Å². The lowest BCUT2D eigenvalue weighted by Crippen LogP contribution is -2.25. The number of benzene rings is 2. The second-order valence-electron chi connectivity index (χ2n) is 9.58. The van der Waals surface area contributed by atoms with Gasteiger partial charge < -0.3 is 5.11 Å². The molecule has 0 heterocycles. The summed E-state index contributed by atoms with van der Waals surface area (Å²) in [6.07, 6.45) is 8.63. The molecule has 172 valence electrons. The van der Waals surface area contributed by atoms with Crippen molar-refractivity contribution in [1.82, 2.24) is 0 Å². The van der Waals surface area contributed by atoms with Gasteiger partial charge in [0.05, 0.1) is 5.56 Å². The average molecular weight is 449 g/mol. The monoisotopic (exact) mass is 448 g/mol. The van der Waals surface area contributed by atoms with Gasteiger partial charge in [0.2, 0.25) is 0 Å². The van der Waals surface area contributed by atoms with Crippen LogP contribution in [0, 0.1) is 41.0 Å². The molecular weight excluding hydrogens is 420 g/mol. The molecule has 6 heteroatoms. The smallest absolute Gasteiger partial charge is 0.338 e. The van der Waals surface area contributed by atoms with E-state index in [1.807, 2.05) is 0 Å². The highest BCUT2D eigenvalue weighted by Gasteiger charge is 2.32. The zero-order valence-electron chi connectivity index (χ0n) is 18.1. The van der Waals surface area contributed by atoms with Crippen molar-refractivity contribution in [3.63, 3.8) is 0 Å². The van der Waals surface area contributed by atoms with Gasteiger partial charge in [-0.3, -0.25) is 0 Å². The quantitative estimate of drug-likeness (QED) is 0.384. The highest BCUT2D eigenvalue weighted by molar-refractivity contribution is 5.90. The Morgan fingerprint density at radius 1 is 0.812 bits per heavy atom. The molecule has 0 amide bonds. The molecule has 0 radical (unpaired) electrons. The van der Waals surface area contributed by atoms with Crippen molar-refractivity contribution >= 4 is 5.97 Å². The van der Waals surface area contributed by atoms with E-state index in [4.69, 9.17) is 0 Å².